The van der Waals surface area contributed by atoms with Crippen LogP contribution in [0, 0.1) is 5.92 Å². The topological polar surface area (TPSA) is 44.1 Å². The van der Waals surface area contributed by atoms with Gasteiger partial charge in [0.15, 0.2) is 0 Å². The van der Waals surface area contributed by atoms with Gasteiger partial charge in [0.25, 0.3) is 0 Å². The van der Waals surface area contributed by atoms with Gasteiger partial charge in [-0.3, -0.25) is 9.48 Å². The molecule has 0 amide bonds. The van der Waals surface area contributed by atoms with E-state index in [9.17, 15) is 4.79 Å². The first kappa shape index (κ1) is 15.6. The summed E-state index contributed by atoms with van der Waals surface area (Å²) in [5.74, 6) is 1.37. The Hall–Kier alpha value is -0.490. The van der Waals surface area contributed by atoms with Crippen LogP contribution in [0.25, 0.3) is 0 Å². The van der Waals surface area contributed by atoms with Gasteiger partial charge < -0.3 is 4.74 Å². The van der Waals surface area contributed by atoms with E-state index in [0.29, 0.717) is 0 Å². The van der Waals surface area contributed by atoms with Crippen LogP contribution in [0.2, 0.25) is 0 Å². The van der Waals surface area contributed by atoms with Gasteiger partial charge in [0.2, 0.25) is 0 Å². The molecule has 0 bridgehead atoms. The predicted octanol–water partition coefficient (Wildman–Crippen LogP) is 2.79. The summed E-state index contributed by atoms with van der Waals surface area (Å²) in [6.07, 6.45) is 0.914. The molecule has 102 valence electrons. The minimum atomic E-state index is -0.152. The third-order valence-electron chi connectivity index (χ3n) is 2.71. The second-order valence-electron chi connectivity index (χ2n) is 4.12. The van der Waals surface area contributed by atoms with Crippen molar-refractivity contribution in [2.75, 3.05) is 12.9 Å². The van der Waals surface area contributed by atoms with Crippen molar-refractivity contribution in [1.82, 2.24) is 9.78 Å². The number of nitrogens with zero attached hydrogens (tertiary/aromatic N) is 2. The van der Waals surface area contributed by atoms with E-state index in [1.54, 1.807) is 11.8 Å². The minimum absolute atomic E-state index is 0.0716. The van der Waals surface area contributed by atoms with Crippen molar-refractivity contribution < 1.29 is 9.53 Å². The molecule has 0 saturated heterocycles. The molecule has 1 unspecified atom stereocenters. The van der Waals surface area contributed by atoms with Crippen molar-refractivity contribution in [2.24, 2.45) is 13.0 Å². The summed E-state index contributed by atoms with van der Waals surface area (Å²) in [5.41, 5.74) is 2.24. The molecule has 6 heteroatoms. The highest BCUT2D eigenvalue weighted by Crippen LogP contribution is 2.26. The number of hydrogen-bond donors (Lipinski definition) is 0. The third-order valence-corrected chi connectivity index (χ3v) is 4.84. The van der Waals surface area contributed by atoms with E-state index in [2.05, 4.69) is 28.0 Å². The van der Waals surface area contributed by atoms with Gasteiger partial charge in [0, 0.05) is 18.6 Å². The number of methoxy groups -OCH3 is 1. The molecule has 0 fully saturated rings. The maximum Gasteiger partial charge on any atom is 0.309 e. The van der Waals surface area contributed by atoms with Gasteiger partial charge in [0.1, 0.15) is 0 Å². The molecule has 0 aromatic carbocycles. The first-order valence-electron chi connectivity index (χ1n) is 5.87. The minimum Gasteiger partial charge on any atom is -0.469 e. The van der Waals surface area contributed by atoms with Crippen molar-refractivity contribution >= 4 is 33.7 Å². The molecule has 0 aliphatic heterocycles. The number of aryl methyl sites for hydroxylation is 2. The summed E-state index contributed by atoms with van der Waals surface area (Å²) in [6.45, 7) is 3.97. The van der Waals surface area contributed by atoms with Crippen molar-refractivity contribution in [1.29, 1.82) is 0 Å². The standard InChI is InChI=1S/C12H19BrN2O2S/c1-5-9-11(13)10(15(3)14-9)7-18-6-8(2)12(16)17-4/h8H,5-7H2,1-4H3. The molecule has 0 spiro atoms. The van der Waals surface area contributed by atoms with Gasteiger partial charge in [-0.1, -0.05) is 13.8 Å². The summed E-state index contributed by atoms with van der Waals surface area (Å²) in [6, 6.07) is 0. The molecule has 1 rings (SSSR count). The molecule has 0 saturated carbocycles. The molecule has 4 nitrogen and oxygen atoms in total. The molecule has 1 heterocycles. The number of rotatable bonds is 6. The molecule has 1 aromatic heterocycles. The van der Waals surface area contributed by atoms with Gasteiger partial charge in [-0.05, 0) is 22.4 Å². The second kappa shape index (κ2) is 7.19. The smallest absolute Gasteiger partial charge is 0.309 e. The maximum atomic E-state index is 11.3. The van der Waals surface area contributed by atoms with Crippen molar-refractivity contribution in [3.8, 4) is 0 Å². The van der Waals surface area contributed by atoms with E-state index in [1.807, 2.05) is 18.7 Å². The van der Waals surface area contributed by atoms with E-state index in [-0.39, 0.29) is 11.9 Å². The fourth-order valence-electron chi connectivity index (χ4n) is 1.58. The number of thioether (sulfide) groups is 1. The fourth-order valence-corrected chi connectivity index (χ4v) is 3.65. The average Bonchev–Trinajstić information content (AvgIpc) is 2.64. The largest absolute Gasteiger partial charge is 0.469 e. The molecular formula is C12H19BrN2O2S. The Bertz CT molecular complexity index is 420. The van der Waals surface area contributed by atoms with Crippen LogP contribution in [-0.4, -0.2) is 28.6 Å². The lowest BCUT2D eigenvalue weighted by Crippen LogP contribution is -2.15. The van der Waals surface area contributed by atoms with Crippen LogP contribution in [0.15, 0.2) is 4.47 Å². The lowest BCUT2D eigenvalue weighted by Gasteiger charge is -2.08. The van der Waals surface area contributed by atoms with Gasteiger partial charge in [-0.25, -0.2) is 0 Å². The van der Waals surface area contributed by atoms with Crippen LogP contribution in [0.5, 0.6) is 0 Å². The summed E-state index contributed by atoms with van der Waals surface area (Å²) < 4.78 is 7.69. The van der Waals surface area contributed by atoms with E-state index in [1.165, 1.54) is 7.11 Å². The first-order valence-corrected chi connectivity index (χ1v) is 7.81. The molecule has 1 aromatic rings. The highest BCUT2D eigenvalue weighted by molar-refractivity contribution is 9.10. The zero-order valence-corrected chi connectivity index (χ0v) is 13.6. The van der Waals surface area contributed by atoms with E-state index in [0.717, 1.165) is 33.8 Å². The Morgan fingerprint density at radius 1 is 1.61 bits per heavy atom. The first-order chi connectivity index (χ1) is 8.51. The molecule has 0 aliphatic rings. The van der Waals surface area contributed by atoms with Crippen LogP contribution in [-0.2, 0) is 28.8 Å². The van der Waals surface area contributed by atoms with Crippen LogP contribution in [0.3, 0.4) is 0 Å². The number of carbonyl (C=O) groups excluding carboxylic acids is 1. The Balaban J connectivity index is 2.54. The molecule has 0 radical (unpaired) electrons. The quantitative estimate of drug-likeness (QED) is 0.750. The zero-order valence-electron chi connectivity index (χ0n) is 11.2. The number of aromatic nitrogens is 2. The Labute approximate surface area is 121 Å². The van der Waals surface area contributed by atoms with Crippen LogP contribution >= 0.6 is 27.7 Å². The van der Waals surface area contributed by atoms with Crippen molar-refractivity contribution in [3.05, 3.63) is 15.9 Å². The van der Waals surface area contributed by atoms with Gasteiger partial charge in [-0.2, -0.15) is 16.9 Å². The Morgan fingerprint density at radius 2 is 2.28 bits per heavy atom. The lowest BCUT2D eigenvalue weighted by atomic mass is 10.2. The number of hydrogen-bond acceptors (Lipinski definition) is 4. The van der Waals surface area contributed by atoms with E-state index < -0.39 is 0 Å². The maximum absolute atomic E-state index is 11.3. The number of carbonyl (C=O) groups is 1. The zero-order chi connectivity index (χ0) is 13.7. The van der Waals surface area contributed by atoms with Crippen molar-refractivity contribution in [3.63, 3.8) is 0 Å². The van der Waals surface area contributed by atoms with Gasteiger partial charge in [-0.15, -0.1) is 0 Å². The van der Waals surface area contributed by atoms with E-state index in [4.69, 9.17) is 4.74 Å². The average molecular weight is 335 g/mol. The number of esters is 1. The summed E-state index contributed by atoms with van der Waals surface area (Å²) in [4.78, 5) is 11.3. The van der Waals surface area contributed by atoms with Gasteiger partial charge >= 0.3 is 5.97 Å². The molecular weight excluding hydrogens is 316 g/mol. The Kier molecular flexibility index (Phi) is 6.21. The fraction of sp³-hybridized carbons (Fsp3) is 0.667. The van der Waals surface area contributed by atoms with Crippen LogP contribution < -0.4 is 0 Å². The summed E-state index contributed by atoms with van der Waals surface area (Å²) >= 11 is 5.30. The summed E-state index contributed by atoms with van der Waals surface area (Å²) in [7, 11) is 3.37. The second-order valence-corrected chi connectivity index (χ2v) is 5.95. The molecule has 0 aliphatic carbocycles. The van der Waals surface area contributed by atoms with E-state index >= 15 is 0 Å². The van der Waals surface area contributed by atoms with Crippen molar-refractivity contribution in [2.45, 2.75) is 26.0 Å². The number of ether oxygens (including phenoxy) is 1. The lowest BCUT2D eigenvalue weighted by molar-refractivity contribution is -0.143. The predicted molar refractivity (Wildman–Crippen MR) is 77.6 cm³/mol. The van der Waals surface area contributed by atoms with Crippen LogP contribution in [0.4, 0.5) is 0 Å². The molecule has 0 N–H and O–H groups in total. The Morgan fingerprint density at radius 3 is 2.78 bits per heavy atom. The normalized spacial score (nSPS) is 12.5. The van der Waals surface area contributed by atoms with Gasteiger partial charge in [0.05, 0.1) is 28.9 Å². The SMILES string of the molecule is CCc1nn(C)c(CSCC(C)C(=O)OC)c1Br. The highest BCUT2D eigenvalue weighted by Gasteiger charge is 2.15. The monoisotopic (exact) mass is 334 g/mol. The highest BCUT2D eigenvalue weighted by atomic mass is 79.9. The number of halogens is 1. The summed E-state index contributed by atoms with van der Waals surface area (Å²) in [5, 5.41) is 4.44. The van der Waals surface area contributed by atoms with Crippen LogP contribution in [0.1, 0.15) is 25.2 Å². The molecule has 18 heavy (non-hydrogen) atoms. The third kappa shape index (κ3) is 3.75. The molecule has 1 atom stereocenters.